The zero-order valence-corrected chi connectivity index (χ0v) is 75.3. The van der Waals surface area contributed by atoms with Gasteiger partial charge in [0.1, 0.15) is 64.1 Å². The summed E-state index contributed by atoms with van der Waals surface area (Å²) in [6.45, 7) is 28.8. The van der Waals surface area contributed by atoms with Crippen molar-refractivity contribution in [3.8, 4) is 0 Å². The summed E-state index contributed by atoms with van der Waals surface area (Å²) in [5.41, 5.74) is 27.0. The van der Waals surface area contributed by atoms with Gasteiger partial charge in [-0.05, 0) is 203 Å². The highest BCUT2D eigenvalue weighted by molar-refractivity contribution is 6.61. The number of hydrogen-bond acceptors (Lipinski definition) is 19. The molecular weight excluding hydrogens is 1660 g/mol. The molecule has 0 spiro atoms. The molecule has 127 heavy (non-hydrogen) atoms. The maximum atomic E-state index is 13.3. The van der Waals surface area contributed by atoms with Gasteiger partial charge in [-0.3, -0.25) is 34.0 Å². The van der Waals surface area contributed by atoms with Crippen LogP contribution in [-0.2, 0) is 89.3 Å². The summed E-state index contributed by atoms with van der Waals surface area (Å²) in [5, 5.41) is 17.1. The minimum atomic E-state index is -1.06. The fourth-order valence-corrected chi connectivity index (χ4v) is 10.1. The van der Waals surface area contributed by atoms with Crippen molar-refractivity contribution in [2.45, 2.75) is 183 Å². The molecule has 0 aliphatic heterocycles. The molecule has 10 N–H and O–H groups in total. The standard InChI is InChI=1S/C26H26FNO2.C19H21NO2.C10H12FNO.C10H11FO2.C10H18O5.C9H11FN2O.C9H10FNO2.C5H9ClO2/c1-26(2,3)30-25(29)23(18-19-14-16-22(27)17-15-19)28-24(20-10-6-4-7-11-20)21-12-8-5-9-13-21;1-19(2,3)22-17(21)14-20-18(15-10-6-4-7-11-15)16-12-8-5-9-13-16;2*1-7(10(12)13)6-8-2-4-9(11)5-3-8;1-9(2,3)14-7(11)13-8(12)15-10(4,5)6;2*10-7-3-1-6(2-4-7)5-8(11)9(12)13;1-4(2)3-8-5(6)7/h4-17,23H,18H2,1-3H3;4-13H,14H2,1-3H3;2-5,7H,6H2,1H3,(H2,12,13);2-5,7H,6H2,1H3,(H,12,13);1-6H3;1-4,8H,5,11H2,(H2,12,13);1-4,8H,5,11H2,(H,12,13);4H,3H2,1-2H3. The van der Waals surface area contributed by atoms with E-state index in [1.54, 1.807) is 104 Å². The van der Waals surface area contributed by atoms with Crippen LogP contribution in [0, 0.1) is 46.8 Å². The first-order valence-corrected chi connectivity index (χ1v) is 40.7. The predicted octanol–water partition coefficient (Wildman–Crippen LogP) is 18.9. The van der Waals surface area contributed by atoms with Crippen molar-refractivity contribution in [3.63, 3.8) is 0 Å². The summed E-state index contributed by atoms with van der Waals surface area (Å²) in [6, 6.07) is 66.3. The van der Waals surface area contributed by atoms with E-state index in [0.717, 1.165) is 55.8 Å². The fourth-order valence-electron chi connectivity index (χ4n) is 10.0. The molecular formula is C98H118ClF5N6O17. The highest BCUT2D eigenvalue weighted by Crippen LogP contribution is 2.21. The van der Waals surface area contributed by atoms with Crippen LogP contribution in [0.4, 0.5) is 36.3 Å². The Labute approximate surface area is 745 Å². The number of hydrogen-bond donors (Lipinski definition) is 6. The number of rotatable bonds is 24. The third kappa shape index (κ3) is 52.6. The SMILES string of the molecule is CC(C)(C)OC(=O)C(Cc1ccc(F)cc1)N=C(c1ccccc1)c1ccccc1.CC(C)(C)OC(=O)CN=C(c1ccccc1)c1ccccc1.CC(C)(C)OC(=O)OC(=O)OC(C)(C)C.CC(C)COC(=O)Cl.CC(Cc1ccc(F)cc1)C(=O)O.CC(Cc1ccc(F)cc1)C(N)=O.NC(=O)C(N)Cc1ccc(F)cc1.NC(Cc1ccc(F)cc1)C(=O)O. The van der Waals surface area contributed by atoms with Crippen LogP contribution in [0.25, 0.3) is 0 Å². The van der Waals surface area contributed by atoms with E-state index in [2.05, 4.69) is 14.5 Å². The number of esters is 2. The van der Waals surface area contributed by atoms with Crippen LogP contribution < -0.4 is 22.9 Å². The normalized spacial score (nSPS) is 11.9. The molecule has 0 radical (unpaired) electrons. The second-order valence-electron chi connectivity index (χ2n) is 32.9. The number of halogens is 6. The number of carbonyl (C=O) groups is 9. The lowest BCUT2D eigenvalue weighted by Crippen LogP contribution is -2.38. The molecule has 0 aliphatic rings. The molecule has 0 aliphatic carbocycles. The number of ether oxygens (including phenoxy) is 6. The molecule has 2 amide bonds. The minimum Gasteiger partial charge on any atom is -0.481 e. The average Bonchev–Trinajstić information content (AvgIpc) is 0.846. The molecule has 0 heterocycles. The summed E-state index contributed by atoms with van der Waals surface area (Å²) in [5.74, 6) is -5.29. The Balaban J connectivity index is 0.000000507. The molecule has 9 aromatic carbocycles. The number of nitrogens with two attached hydrogens (primary N) is 4. The van der Waals surface area contributed by atoms with Crippen LogP contribution >= 0.6 is 11.6 Å². The molecule has 0 saturated carbocycles. The predicted molar refractivity (Wildman–Crippen MR) is 481 cm³/mol. The van der Waals surface area contributed by atoms with Crippen molar-refractivity contribution < 1.29 is 104 Å². The van der Waals surface area contributed by atoms with Gasteiger partial charge in [0.2, 0.25) is 11.8 Å². The van der Waals surface area contributed by atoms with Crippen LogP contribution in [0.2, 0.25) is 0 Å². The lowest BCUT2D eigenvalue weighted by atomic mass is 10.0. The monoisotopic (exact) mass is 1780 g/mol. The zero-order valence-electron chi connectivity index (χ0n) is 74.5. The van der Waals surface area contributed by atoms with E-state index in [9.17, 15) is 65.1 Å². The van der Waals surface area contributed by atoms with E-state index in [1.165, 1.54) is 72.8 Å². The van der Waals surface area contributed by atoms with Gasteiger partial charge in [-0.25, -0.2) is 41.1 Å². The molecule has 5 atom stereocenters. The van der Waals surface area contributed by atoms with E-state index < -0.39 is 88.0 Å². The lowest BCUT2D eigenvalue weighted by Gasteiger charge is -2.23. The third-order valence-corrected chi connectivity index (χ3v) is 16.1. The second kappa shape index (κ2) is 56.2. The molecule has 0 aromatic heterocycles. The number of benzene rings is 9. The van der Waals surface area contributed by atoms with Gasteiger partial charge < -0.3 is 61.6 Å². The van der Waals surface area contributed by atoms with Crippen molar-refractivity contribution in [2.75, 3.05) is 13.2 Å². The molecule has 23 nitrogen and oxygen atoms in total. The Morgan fingerprint density at radius 1 is 0.370 bits per heavy atom. The van der Waals surface area contributed by atoms with Gasteiger partial charge in [0.15, 0.2) is 6.04 Å². The first-order valence-electron chi connectivity index (χ1n) is 40.3. The molecule has 29 heteroatoms. The van der Waals surface area contributed by atoms with Gasteiger partial charge >= 0.3 is 41.6 Å². The van der Waals surface area contributed by atoms with Crippen LogP contribution in [0.15, 0.2) is 253 Å². The molecule has 0 bridgehead atoms. The fraction of sp³-hybridized carbons (Fsp3) is 0.337. The highest BCUT2D eigenvalue weighted by atomic mass is 35.5. The quantitative estimate of drug-likeness (QED) is 0.00817. The molecule has 9 aromatic rings. The summed E-state index contributed by atoms with van der Waals surface area (Å²) >= 11 is 4.86. The lowest BCUT2D eigenvalue weighted by molar-refractivity contribution is -0.156. The Morgan fingerprint density at radius 3 is 0.929 bits per heavy atom. The average molecular weight is 1780 g/mol. The van der Waals surface area contributed by atoms with Gasteiger partial charge in [0.25, 0.3) is 0 Å². The van der Waals surface area contributed by atoms with E-state index in [1.807, 2.05) is 177 Å². The number of carbonyl (C=O) groups excluding carboxylic acids is 7. The number of aliphatic imine (C=N–C) groups is 2. The Kier molecular flexibility index (Phi) is 48.8. The second-order valence-corrected chi connectivity index (χ2v) is 33.2. The van der Waals surface area contributed by atoms with Crippen molar-refractivity contribution in [1.82, 2.24) is 0 Å². The topological polar surface area (TPSA) is 378 Å². The molecule has 5 unspecified atom stereocenters. The van der Waals surface area contributed by atoms with Crippen LogP contribution in [0.3, 0.4) is 0 Å². The Hall–Kier alpha value is -12.8. The maximum Gasteiger partial charge on any atom is 0.519 e. The number of nitrogens with zero attached hydrogens (tertiary/aromatic N) is 2. The van der Waals surface area contributed by atoms with Gasteiger partial charge in [-0.2, -0.15) is 0 Å². The molecule has 684 valence electrons. The third-order valence-electron chi connectivity index (χ3n) is 16.0. The number of amides is 2. The van der Waals surface area contributed by atoms with Crippen LogP contribution in [0.5, 0.6) is 0 Å². The highest BCUT2D eigenvalue weighted by Gasteiger charge is 2.28. The largest absolute Gasteiger partial charge is 0.519 e. The van der Waals surface area contributed by atoms with Crippen molar-refractivity contribution in [2.24, 2.45) is 50.7 Å². The number of primary amides is 2. The van der Waals surface area contributed by atoms with E-state index in [4.69, 9.17) is 68.7 Å². The zero-order chi connectivity index (χ0) is 95.8. The maximum absolute atomic E-state index is 13.3. The first kappa shape index (κ1) is 110. The molecule has 0 saturated heterocycles. The number of carboxylic acid groups (broad SMARTS) is 2. The van der Waals surface area contributed by atoms with Gasteiger partial charge in [0.05, 0.1) is 30.0 Å². The summed E-state index contributed by atoms with van der Waals surface area (Å²) < 4.78 is 92.4. The van der Waals surface area contributed by atoms with Gasteiger partial charge in [-0.15, -0.1) is 0 Å². The van der Waals surface area contributed by atoms with Crippen LogP contribution in [0.1, 0.15) is 161 Å². The first-order chi connectivity index (χ1) is 59.3. The summed E-state index contributed by atoms with van der Waals surface area (Å²) in [4.78, 5) is 108. The smallest absolute Gasteiger partial charge is 0.481 e. The molecule has 0 fully saturated rings. The van der Waals surface area contributed by atoms with E-state index in [0.29, 0.717) is 43.9 Å². The van der Waals surface area contributed by atoms with E-state index >= 15 is 0 Å². The number of carboxylic acids is 2. The Bertz CT molecular complexity index is 4520. The van der Waals surface area contributed by atoms with Gasteiger partial charge in [0, 0.05) is 46.2 Å². The minimum absolute atomic E-state index is 0.0103. The van der Waals surface area contributed by atoms with Crippen molar-refractivity contribution in [1.29, 1.82) is 0 Å². The molecule has 9 rings (SSSR count). The number of aliphatic carboxylic acids is 2. The van der Waals surface area contributed by atoms with Crippen molar-refractivity contribution >= 4 is 76.5 Å². The summed E-state index contributed by atoms with van der Waals surface area (Å²) in [7, 11) is 0. The van der Waals surface area contributed by atoms with Crippen molar-refractivity contribution in [3.05, 3.63) is 322 Å². The Morgan fingerprint density at radius 2 is 0.661 bits per heavy atom. The van der Waals surface area contributed by atoms with Crippen LogP contribution in [-0.4, -0.2) is 129 Å². The van der Waals surface area contributed by atoms with E-state index in [-0.39, 0.29) is 59.8 Å². The summed E-state index contributed by atoms with van der Waals surface area (Å²) in [6.07, 6.45) is -0.233. The van der Waals surface area contributed by atoms with Gasteiger partial charge in [-0.1, -0.05) is 210 Å².